The van der Waals surface area contributed by atoms with E-state index in [4.69, 9.17) is 11.6 Å². The molecule has 0 saturated heterocycles. The lowest BCUT2D eigenvalue weighted by Crippen LogP contribution is -2.15. The van der Waals surface area contributed by atoms with Crippen molar-refractivity contribution < 1.29 is 0 Å². The molecule has 0 aliphatic heterocycles. The third-order valence-corrected chi connectivity index (χ3v) is 3.47. The van der Waals surface area contributed by atoms with Gasteiger partial charge >= 0.3 is 0 Å². The Kier molecular flexibility index (Phi) is 5.78. The van der Waals surface area contributed by atoms with Gasteiger partial charge in [0.25, 0.3) is 0 Å². The van der Waals surface area contributed by atoms with Crippen molar-refractivity contribution in [2.24, 2.45) is 0 Å². The van der Waals surface area contributed by atoms with E-state index in [2.05, 4.69) is 17.2 Å². The molecule has 13 heavy (non-hydrogen) atoms. The maximum absolute atomic E-state index is 5.70. The minimum Gasteiger partial charge on any atom is -0.311 e. The highest BCUT2D eigenvalue weighted by molar-refractivity contribution is 7.99. The Balaban J connectivity index is 2.06. The number of nitrogens with one attached hydrogen (secondary N) is 1. The fourth-order valence-corrected chi connectivity index (χ4v) is 2.39. The lowest BCUT2D eigenvalue weighted by Gasteiger charge is -2.00. The molecule has 0 saturated carbocycles. The molecule has 0 radical (unpaired) electrons. The number of thioether (sulfide) groups is 1. The average molecular weight is 237 g/mol. The quantitative estimate of drug-likeness (QED) is 0.769. The Bertz CT molecular complexity index is 240. The van der Waals surface area contributed by atoms with Crippen LogP contribution >= 0.6 is 34.7 Å². The van der Waals surface area contributed by atoms with Crippen molar-refractivity contribution in [1.82, 2.24) is 10.3 Å². The van der Waals surface area contributed by atoms with Gasteiger partial charge < -0.3 is 5.32 Å². The molecule has 1 rings (SSSR count). The lowest BCUT2D eigenvalue weighted by molar-refractivity contribution is 0.740. The van der Waals surface area contributed by atoms with Crippen molar-refractivity contribution in [2.75, 3.05) is 18.1 Å². The van der Waals surface area contributed by atoms with Crippen molar-refractivity contribution in [1.29, 1.82) is 0 Å². The molecule has 5 heteroatoms. The first-order valence-corrected chi connectivity index (χ1v) is 6.56. The van der Waals surface area contributed by atoms with E-state index in [1.165, 1.54) is 27.7 Å². The molecule has 2 nitrogen and oxygen atoms in total. The number of aromatic nitrogens is 1. The zero-order valence-corrected chi connectivity index (χ0v) is 9.94. The van der Waals surface area contributed by atoms with Gasteiger partial charge in [-0.05, 0) is 5.75 Å². The van der Waals surface area contributed by atoms with Crippen LogP contribution in [-0.4, -0.2) is 23.0 Å². The molecule has 1 aromatic heterocycles. The highest BCUT2D eigenvalue weighted by Gasteiger charge is 1.97. The maximum atomic E-state index is 5.70. The van der Waals surface area contributed by atoms with Gasteiger partial charge in [0.15, 0.2) is 4.47 Å². The molecule has 0 amide bonds. The summed E-state index contributed by atoms with van der Waals surface area (Å²) in [4.78, 5) is 5.17. The first kappa shape index (κ1) is 11.3. The van der Waals surface area contributed by atoms with Gasteiger partial charge in [-0.25, -0.2) is 4.98 Å². The molecule has 1 aromatic rings. The number of nitrogens with zero attached hydrogens (tertiary/aromatic N) is 1. The Hall–Kier alpha value is 0.230. The summed E-state index contributed by atoms with van der Waals surface area (Å²) in [7, 11) is 0. The predicted molar refractivity (Wildman–Crippen MR) is 61.8 cm³/mol. The summed E-state index contributed by atoms with van der Waals surface area (Å²) in [6.07, 6.45) is 1.83. The highest BCUT2D eigenvalue weighted by Crippen LogP contribution is 2.16. The van der Waals surface area contributed by atoms with Gasteiger partial charge in [-0.3, -0.25) is 0 Å². The van der Waals surface area contributed by atoms with Crippen LogP contribution in [0.15, 0.2) is 6.20 Å². The number of hydrogen-bond acceptors (Lipinski definition) is 4. The number of rotatable bonds is 6. The summed E-state index contributed by atoms with van der Waals surface area (Å²) >= 11 is 9.18. The van der Waals surface area contributed by atoms with Gasteiger partial charge in [-0.2, -0.15) is 11.8 Å². The van der Waals surface area contributed by atoms with E-state index in [0.717, 1.165) is 13.1 Å². The fraction of sp³-hybridized carbons (Fsp3) is 0.625. The fourth-order valence-electron chi connectivity index (χ4n) is 0.866. The second-order valence-corrected chi connectivity index (χ2v) is 5.54. The standard InChI is InChI=1S/C8H13ClN2S2/c1-2-12-4-3-10-5-7-6-11-8(9)13-7/h6,10H,2-5H2,1H3. The average Bonchev–Trinajstić information content (AvgIpc) is 2.51. The normalized spacial score (nSPS) is 10.6. The van der Waals surface area contributed by atoms with Crippen molar-refractivity contribution >= 4 is 34.7 Å². The molecule has 0 aliphatic carbocycles. The third kappa shape index (κ3) is 4.86. The van der Waals surface area contributed by atoms with E-state index in [1.807, 2.05) is 18.0 Å². The van der Waals surface area contributed by atoms with Crippen LogP contribution in [0.1, 0.15) is 11.8 Å². The number of halogens is 1. The van der Waals surface area contributed by atoms with Gasteiger partial charge in [0.2, 0.25) is 0 Å². The van der Waals surface area contributed by atoms with Crippen LogP contribution in [0.4, 0.5) is 0 Å². The van der Waals surface area contributed by atoms with Crippen LogP contribution in [0, 0.1) is 0 Å². The lowest BCUT2D eigenvalue weighted by atomic mass is 10.5. The van der Waals surface area contributed by atoms with E-state index >= 15 is 0 Å². The molecule has 74 valence electrons. The van der Waals surface area contributed by atoms with Crippen LogP contribution < -0.4 is 5.32 Å². The topological polar surface area (TPSA) is 24.9 Å². The van der Waals surface area contributed by atoms with Gasteiger partial charge in [0.1, 0.15) is 0 Å². The molecular weight excluding hydrogens is 224 g/mol. The molecule has 0 bridgehead atoms. The molecule has 0 aliphatic rings. The second kappa shape index (κ2) is 6.65. The van der Waals surface area contributed by atoms with E-state index in [9.17, 15) is 0 Å². The van der Waals surface area contributed by atoms with Crippen LogP contribution in [-0.2, 0) is 6.54 Å². The molecular formula is C8H13ClN2S2. The zero-order valence-electron chi connectivity index (χ0n) is 7.55. The van der Waals surface area contributed by atoms with E-state index in [-0.39, 0.29) is 0 Å². The molecule has 0 aromatic carbocycles. The Labute approximate surface area is 92.1 Å². The highest BCUT2D eigenvalue weighted by atomic mass is 35.5. The molecule has 0 fully saturated rings. The van der Waals surface area contributed by atoms with E-state index in [0.29, 0.717) is 4.47 Å². The van der Waals surface area contributed by atoms with Gasteiger partial charge in [-0.1, -0.05) is 18.5 Å². The first-order chi connectivity index (χ1) is 6.33. The van der Waals surface area contributed by atoms with E-state index in [1.54, 1.807) is 0 Å². The summed E-state index contributed by atoms with van der Waals surface area (Å²) in [5.74, 6) is 2.36. The van der Waals surface area contributed by atoms with Crippen molar-refractivity contribution in [3.63, 3.8) is 0 Å². The van der Waals surface area contributed by atoms with Crippen LogP contribution in [0.25, 0.3) is 0 Å². The van der Waals surface area contributed by atoms with Gasteiger partial charge in [0.05, 0.1) is 0 Å². The van der Waals surface area contributed by atoms with Crippen molar-refractivity contribution in [3.8, 4) is 0 Å². The number of hydrogen-bond donors (Lipinski definition) is 1. The van der Waals surface area contributed by atoms with Crippen LogP contribution in [0.5, 0.6) is 0 Å². The Morgan fingerprint density at radius 1 is 1.69 bits per heavy atom. The first-order valence-electron chi connectivity index (χ1n) is 4.21. The third-order valence-electron chi connectivity index (χ3n) is 1.45. The minimum absolute atomic E-state index is 0.625. The Morgan fingerprint density at radius 3 is 3.15 bits per heavy atom. The number of thiazole rings is 1. The maximum Gasteiger partial charge on any atom is 0.183 e. The van der Waals surface area contributed by atoms with Gasteiger partial charge in [-0.15, -0.1) is 11.3 Å². The summed E-state index contributed by atoms with van der Waals surface area (Å²) in [5.41, 5.74) is 0. The molecule has 0 spiro atoms. The van der Waals surface area contributed by atoms with Crippen LogP contribution in [0.3, 0.4) is 0 Å². The van der Waals surface area contributed by atoms with Crippen LogP contribution in [0.2, 0.25) is 4.47 Å². The van der Waals surface area contributed by atoms with Crippen molar-refractivity contribution in [3.05, 3.63) is 15.5 Å². The SMILES string of the molecule is CCSCCNCc1cnc(Cl)s1. The summed E-state index contributed by atoms with van der Waals surface area (Å²) in [5, 5.41) is 3.34. The Morgan fingerprint density at radius 2 is 2.54 bits per heavy atom. The summed E-state index contributed by atoms with van der Waals surface area (Å²) in [6.45, 7) is 4.11. The predicted octanol–water partition coefficient (Wildman–Crippen LogP) is 2.64. The molecule has 0 unspecified atom stereocenters. The summed E-state index contributed by atoms with van der Waals surface area (Å²) in [6, 6.07) is 0. The summed E-state index contributed by atoms with van der Waals surface area (Å²) < 4.78 is 0.625. The molecule has 1 N–H and O–H groups in total. The minimum atomic E-state index is 0.625. The monoisotopic (exact) mass is 236 g/mol. The second-order valence-electron chi connectivity index (χ2n) is 2.45. The smallest absolute Gasteiger partial charge is 0.183 e. The largest absolute Gasteiger partial charge is 0.311 e. The van der Waals surface area contributed by atoms with Gasteiger partial charge in [0, 0.05) is 29.9 Å². The van der Waals surface area contributed by atoms with Crippen molar-refractivity contribution in [2.45, 2.75) is 13.5 Å². The van der Waals surface area contributed by atoms with E-state index < -0.39 is 0 Å². The molecule has 0 atom stereocenters. The molecule has 1 heterocycles. The zero-order chi connectivity index (χ0) is 9.52.